The number of nitrogens with one attached hydrogen (secondary N) is 1. The average molecular weight is 349 g/mol. The lowest BCUT2D eigenvalue weighted by Gasteiger charge is -2.30. The lowest BCUT2D eigenvalue weighted by atomic mass is 9.95. The third-order valence-corrected chi connectivity index (χ3v) is 4.63. The number of piperidine rings is 1. The summed E-state index contributed by atoms with van der Waals surface area (Å²) in [7, 11) is 0. The van der Waals surface area contributed by atoms with E-state index in [1.165, 1.54) is 0 Å². The molecule has 6 heteroatoms. The molecule has 1 aliphatic heterocycles. The molecule has 3 rings (SSSR count). The van der Waals surface area contributed by atoms with E-state index < -0.39 is 0 Å². The zero-order chi connectivity index (χ0) is 17.1. The summed E-state index contributed by atoms with van der Waals surface area (Å²) >= 11 is 5.96. The van der Waals surface area contributed by atoms with Crippen LogP contribution >= 0.6 is 11.6 Å². The Balaban J connectivity index is 1.63. The Morgan fingerprint density at radius 2 is 2.04 bits per heavy atom. The minimum Gasteiger partial charge on any atom is -0.451 e. The van der Waals surface area contributed by atoms with E-state index in [9.17, 15) is 9.59 Å². The minimum absolute atomic E-state index is 0.00456. The van der Waals surface area contributed by atoms with Gasteiger partial charge < -0.3 is 14.6 Å². The van der Waals surface area contributed by atoms with Crippen LogP contribution in [0.25, 0.3) is 11.0 Å². The van der Waals surface area contributed by atoms with E-state index in [0.717, 1.165) is 11.8 Å². The maximum Gasteiger partial charge on any atom is 0.289 e. The molecule has 1 N–H and O–H groups in total. The molecule has 2 amide bonds. The van der Waals surface area contributed by atoms with Crippen molar-refractivity contribution >= 4 is 34.4 Å². The highest BCUT2D eigenvalue weighted by molar-refractivity contribution is 6.31. The molecule has 128 valence electrons. The number of furan rings is 1. The number of amides is 2. The zero-order valence-electron chi connectivity index (χ0n) is 13.7. The first-order valence-electron chi connectivity index (χ1n) is 8.34. The highest BCUT2D eigenvalue weighted by atomic mass is 35.5. The van der Waals surface area contributed by atoms with Gasteiger partial charge in [0.1, 0.15) is 5.58 Å². The van der Waals surface area contributed by atoms with Gasteiger partial charge in [-0.1, -0.05) is 18.5 Å². The van der Waals surface area contributed by atoms with Gasteiger partial charge in [-0.15, -0.1) is 0 Å². The smallest absolute Gasteiger partial charge is 0.289 e. The summed E-state index contributed by atoms with van der Waals surface area (Å²) in [6.45, 7) is 3.88. The molecule has 1 saturated heterocycles. The van der Waals surface area contributed by atoms with Gasteiger partial charge in [0.15, 0.2) is 5.76 Å². The summed E-state index contributed by atoms with van der Waals surface area (Å²) in [5.74, 6) is 0.285. The molecule has 1 aromatic carbocycles. The van der Waals surface area contributed by atoms with Gasteiger partial charge in [-0.2, -0.15) is 0 Å². The van der Waals surface area contributed by atoms with Gasteiger partial charge in [-0.3, -0.25) is 9.59 Å². The van der Waals surface area contributed by atoms with Gasteiger partial charge in [-0.05, 0) is 43.5 Å². The monoisotopic (exact) mass is 348 g/mol. The van der Waals surface area contributed by atoms with E-state index in [1.807, 2.05) is 6.92 Å². The number of hydrogen-bond donors (Lipinski definition) is 1. The number of rotatable bonds is 4. The minimum atomic E-state index is -0.130. The van der Waals surface area contributed by atoms with Crippen LogP contribution < -0.4 is 5.32 Å². The van der Waals surface area contributed by atoms with Crippen molar-refractivity contribution in [2.24, 2.45) is 5.92 Å². The second kappa shape index (κ2) is 7.26. The van der Waals surface area contributed by atoms with Gasteiger partial charge in [0, 0.05) is 36.0 Å². The fraction of sp³-hybridized carbons (Fsp3) is 0.444. The molecule has 1 fully saturated rings. The predicted molar refractivity (Wildman–Crippen MR) is 93.2 cm³/mol. The maximum atomic E-state index is 12.6. The SMILES string of the molecule is CCCNC(=O)C1CCN(C(=O)c2cc3cc(Cl)ccc3o2)CC1. The highest BCUT2D eigenvalue weighted by Gasteiger charge is 2.28. The number of fused-ring (bicyclic) bond motifs is 1. The largest absolute Gasteiger partial charge is 0.451 e. The number of benzene rings is 1. The number of carbonyl (C=O) groups is 2. The van der Waals surface area contributed by atoms with Crippen LogP contribution in [0.1, 0.15) is 36.7 Å². The summed E-state index contributed by atoms with van der Waals surface area (Å²) in [5.41, 5.74) is 0.650. The summed E-state index contributed by atoms with van der Waals surface area (Å²) in [6, 6.07) is 7.01. The summed E-state index contributed by atoms with van der Waals surface area (Å²) < 4.78 is 5.64. The summed E-state index contributed by atoms with van der Waals surface area (Å²) in [6.07, 6.45) is 2.31. The quantitative estimate of drug-likeness (QED) is 0.920. The third-order valence-electron chi connectivity index (χ3n) is 4.39. The van der Waals surface area contributed by atoms with E-state index in [0.29, 0.717) is 48.8 Å². The number of halogens is 1. The molecule has 2 aromatic rings. The van der Waals surface area contributed by atoms with Crippen LogP contribution in [0.5, 0.6) is 0 Å². The molecule has 0 aliphatic carbocycles. The van der Waals surface area contributed by atoms with Crippen molar-refractivity contribution < 1.29 is 14.0 Å². The van der Waals surface area contributed by atoms with Gasteiger partial charge >= 0.3 is 0 Å². The van der Waals surface area contributed by atoms with E-state index in [1.54, 1.807) is 29.2 Å². The van der Waals surface area contributed by atoms with Crippen LogP contribution in [0.15, 0.2) is 28.7 Å². The lowest BCUT2D eigenvalue weighted by Crippen LogP contribution is -2.43. The molecule has 0 atom stereocenters. The summed E-state index contributed by atoms with van der Waals surface area (Å²) in [5, 5.41) is 4.36. The van der Waals surface area contributed by atoms with Gasteiger partial charge in [-0.25, -0.2) is 0 Å². The Labute approximate surface area is 145 Å². The van der Waals surface area contributed by atoms with E-state index in [2.05, 4.69) is 5.32 Å². The van der Waals surface area contributed by atoms with Crippen molar-refractivity contribution in [3.63, 3.8) is 0 Å². The highest BCUT2D eigenvalue weighted by Crippen LogP contribution is 2.25. The van der Waals surface area contributed by atoms with Gasteiger partial charge in [0.25, 0.3) is 5.91 Å². The first-order chi connectivity index (χ1) is 11.6. The van der Waals surface area contributed by atoms with Crippen LogP contribution in [0.3, 0.4) is 0 Å². The van der Waals surface area contributed by atoms with E-state index in [-0.39, 0.29) is 17.7 Å². The molecule has 0 spiro atoms. The Morgan fingerprint density at radius 1 is 1.29 bits per heavy atom. The normalized spacial score (nSPS) is 15.7. The first-order valence-corrected chi connectivity index (χ1v) is 8.72. The van der Waals surface area contributed by atoms with Crippen LogP contribution in [0.4, 0.5) is 0 Å². The number of hydrogen-bond acceptors (Lipinski definition) is 3. The fourth-order valence-electron chi connectivity index (χ4n) is 3.01. The summed E-state index contributed by atoms with van der Waals surface area (Å²) in [4.78, 5) is 26.4. The van der Waals surface area contributed by atoms with Crippen molar-refractivity contribution in [2.45, 2.75) is 26.2 Å². The molecule has 0 saturated carbocycles. The van der Waals surface area contributed by atoms with Crippen molar-refractivity contribution in [3.8, 4) is 0 Å². The predicted octanol–water partition coefficient (Wildman–Crippen LogP) is 3.46. The zero-order valence-corrected chi connectivity index (χ0v) is 14.4. The molecule has 24 heavy (non-hydrogen) atoms. The van der Waals surface area contributed by atoms with Crippen LogP contribution in [-0.4, -0.2) is 36.3 Å². The second-order valence-electron chi connectivity index (χ2n) is 6.15. The molecule has 1 aromatic heterocycles. The Bertz CT molecular complexity index is 748. The topological polar surface area (TPSA) is 62.6 Å². The van der Waals surface area contributed by atoms with Crippen molar-refractivity contribution in [1.29, 1.82) is 0 Å². The van der Waals surface area contributed by atoms with Crippen molar-refractivity contribution in [1.82, 2.24) is 10.2 Å². The molecule has 5 nitrogen and oxygen atoms in total. The fourth-order valence-corrected chi connectivity index (χ4v) is 3.19. The first kappa shape index (κ1) is 16.8. The Kier molecular flexibility index (Phi) is 5.09. The Hall–Kier alpha value is -2.01. The number of likely N-dealkylation sites (tertiary alicyclic amines) is 1. The van der Waals surface area contributed by atoms with Crippen molar-refractivity contribution in [2.75, 3.05) is 19.6 Å². The molecular weight excluding hydrogens is 328 g/mol. The van der Waals surface area contributed by atoms with E-state index >= 15 is 0 Å². The van der Waals surface area contributed by atoms with Crippen LogP contribution in [0, 0.1) is 5.92 Å². The Morgan fingerprint density at radius 3 is 2.75 bits per heavy atom. The molecule has 0 unspecified atom stereocenters. The van der Waals surface area contributed by atoms with Gasteiger partial charge in [0.05, 0.1) is 0 Å². The number of nitrogens with zero attached hydrogens (tertiary/aromatic N) is 1. The van der Waals surface area contributed by atoms with Crippen LogP contribution in [-0.2, 0) is 4.79 Å². The molecular formula is C18H21ClN2O3. The molecule has 0 bridgehead atoms. The lowest BCUT2D eigenvalue weighted by molar-refractivity contribution is -0.126. The van der Waals surface area contributed by atoms with Gasteiger partial charge in [0.2, 0.25) is 5.91 Å². The number of carbonyl (C=O) groups excluding carboxylic acids is 2. The van der Waals surface area contributed by atoms with E-state index in [4.69, 9.17) is 16.0 Å². The third kappa shape index (κ3) is 3.56. The average Bonchev–Trinajstić information content (AvgIpc) is 3.02. The van der Waals surface area contributed by atoms with Crippen molar-refractivity contribution in [3.05, 3.63) is 35.0 Å². The molecule has 0 radical (unpaired) electrons. The van der Waals surface area contributed by atoms with Crippen LogP contribution in [0.2, 0.25) is 5.02 Å². The second-order valence-corrected chi connectivity index (χ2v) is 6.59. The molecule has 2 heterocycles. The molecule has 1 aliphatic rings. The standard InChI is InChI=1S/C18H21ClN2O3/c1-2-7-20-17(22)12-5-8-21(9-6-12)18(23)16-11-13-10-14(19)3-4-15(13)24-16/h3-4,10-12H,2,5-9H2,1H3,(H,20,22). The maximum absolute atomic E-state index is 12.6.